The molecular formula is C23H33N3OS. The maximum absolute atomic E-state index is 12.8. The van der Waals surface area contributed by atoms with Crippen molar-refractivity contribution in [3.05, 3.63) is 51.5 Å². The van der Waals surface area contributed by atoms with E-state index in [2.05, 4.69) is 64.0 Å². The molecule has 0 atom stereocenters. The molecule has 1 aromatic carbocycles. The number of hydrogen-bond acceptors (Lipinski definition) is 4. The highest BCUT2D eigenvalue weighted by Gasteiger charge is 2.24. The van der Waals surface area contributed by atoms with Crippen LogP contribution in [0.25, 0.3) is 0 Å². The molecule has 1 fully saturated rings. The number of hydrogen-bond donors (Lipinski definition) is 0. The lowest BCUT2D eigenvalue weighted by Crippen LogP contribution is -2.48. The Morgan fingerprint density at radius 3 is 2.07 bits per heavy atom. The molecule has 28 heavy (non-hydrogen) atoms. The second kappa shape index (κ2) is 7.96. The molecule has 2 heterocycles. The third-order valence-electron chi connectivity index (χ3n) is 5.34. The number of carbonyl (C=O) groups excluding carboxylic acids is 1. The fraction of sp³-hybridized carbons (Fsp3) is 0.565. The zero-order chi connectivity index (χ0) is 20.5. The van der Waals surface area contributed by atoms with Gasteiger partial charge in [-0.2, -0.15) is 0 Å². The summed E-state index contributed by atoms with van der Waals surface area (Å²) in [6.07, 6.45) is 0. The molecule has 2 aromatic rings. The van der Waals surface area contributed by atoms with Gasteiger partial charge in [0, 0.05) is 42.5 Å². The monoisotopic (exact) mass is 399 g/mol. The van der Waals surface area contributed by atoms with E-state index in [1.165, 1.54) is 16.3 Å². The van der Waals surface area contributed by atoms with Gasteiger partial charge >= 0.3 is 0 Å². The number of rotatable bonds is 3. The van der Waals surface area contributed by atoms with Crippen molar-refractivity contribution in [2.24, 2.45) is 0 Å². The van der Waals surface area contributed by atoms with Gasteiger partial charge in [-0.3, -0.25) is 9.69 Å². The third kappa shape index (κ3) is 5.00. The van der Waals surface area contributed by atoms with Gasteiger partial charge in [0.15, 0.2) is 0 Å². The van der Waals surface area contributed by atoms with Gasteiger partial charge in [-0.25, -0.2) is 4.98 Å². The van der Waals surface area contributed by atoms with E-state index in [4.69, 9.17) is 4.98 Å². The fourth-order valence-corrected chi connectivity index (χ4v) is 4.39. The topological polar surface area (TPSA) is 36.4 Å². The summed E-state index contributed by atoms with van der Waals surface area (Å²) in [5.41, 5.74) is 3.42. The Morgan fingerprint density at radius 2 is 1.57 bits per heavy atom. The van der Waals surface area contributed by atoms with Crippen LogP contribution >= 0.6 is 11.3 Å². The molecule has 0 unspecified atom stereocenters. The normalized spacial score (nSPS) is 16.4. The van der Waals surface area contributed by atoms with Crippen LogP contribution in [0.1, 0.15) is 68.2 Å². The van der Waals surface area contributed by atoms with E-state index >= 15 is 0 Å². The molecule has 152 valence electrons. The molecule has 1 aromatic heterocycles. The molecule has 0 aliphatic carbocycles. The molecule has 4 nitrogen and oxygen atoms in total. The Bertz CT molecular complexity index is 804. The first-order valence-electron chi connectivity index (χ1n) is 10.1. The van der Waals surface area contributed by atoms with E-state index in [1.54, 1.807) is 11.3 Å². The average Bonchev–Trinajstić information content (AvgIpc) is 3.10. The lowest BCUT2D eigenvalue weighted by molar-refractivity contribution is 0.0628. The molecule has 1 saturated heterocycles. The number of benzene rings is 1. The van der Waals surface area contributed by atoms with Gasteiger partial charge in [-0.05, 0) is 23.1 Å². The minimum Gasteiger partial charge on any atom is -0.336 e. The van der Waals surface area contributed by atoms with Crippen LogP contribution in [0.3, 0.4) is 0 Å². The van der Waals surface area contributed by atoms with Crippen molar-refractivity contribution in [1.82, 2.24) is 14.8 Å². The molecule has 3 rings (SSSR count). The number of piperazine rings is 1. The summed E-state index contributed by atoms with van der Waals surface area (Å²) in [5, 5.41) is 3.35. The molecule has 0 saturated carbocycles. The van der Waals surface area contributed by atoms with Crippen LogP contribution in [-0.4, -0.2) is 46.9 Å². The van der Waals surface area contributed by atoms with Gasteiger partial charge in [0.1, 0.15) is 5.01 Å². The van der Waals surface area contributed by atoms with Crippen LogP contribution in [0.5, 0.6) is 0 Å². The highest BCUT2D eigenvalue weighted by Crippen LogP contribution is 2.25. The second-order valence-electron chi connectivity index (χ2n) is 9.77. The molecule has 0 N–H and O–H groups in total. The van der Waals surface area contributed by atoms with Crippen LogP contribution < -0.4 is 0 Å². The predicted molar refractivity (Wildman–Crippen MR) is 117 cm³/mol. The molecule has 1 aliphatic rings. The first-order chi connectivity index (χ1) is 13.0. The lowest BCUT2D eigenvalue weighted by atomic mass is 9.86. The average molecular weight is 400 g/mol. The number of nitrogens with zero attached hydrogens (tertiary/aromatic N) is 3. The van der Waals surface area contributed by atoms with Crippen molar-refractivity contribution in [2.45, 2.75) is 58.9 Å². The van der Waals surface area contributed by atoms with E-state index in [0.717, 1.165) is 38.3 Å². The van der Waals surface area contributed by atoms with Crippen molar-refractivity contribution < 1.29 is 4.79 Å². The van der Waals surface area contributed by atoms with Gasteiger partial charge in [0.2, 0.25) is 0 Å². The van der Waals surface area contributed by atoms with Crippen molar-refractivity contribution in [1.29, 1.82) is 0 Å². The predicted octanol–water partition coefficient (Wildman–Crippen LogP) is 4.70. The van der Waals surface area contributed by atoms with Gasteiger partial charge in [-0.15, -0.1) is 11.3 Å². The Hall–Kier alpha value is -1.72. The Balaban J connectivity index is 1.55. The number of aromatic nitrogens is 1. The van der Waals surface area contributed by atoms with Crippen molar-refractivity contribution in [2.75, 3.05) is 26.2 Å². The van der Waals surface area contributed by atoms with Crippen LogP contribution in [0.2, 0.25) is 0 Å². The first kappa shape index (κ1) is 21.0. The summed E-state index contributed by atoms with van der Waals surface area (Å²) in [6.45, 7) is 17.4. The highest BCUT2D eigenvalue weighted by molar-refractivity contribution is 7.09. The SMILES string of the molecule is CC(C)(C)c1ccc(C(=O)N2CCN(Cc3nc(C(C)(C)C)cs3)CC2)cc1. The quantitative estimate of drug-likeness (QED) is 0.751. The van der Waals surface area contributed by atoms with Gasteiger partial charge in [0.25, 0.3) is 5.91 Å². The molecule has 0 spiro atoms. The van der Waals surface area contributed by atoms with Crippen molar-refractivity contribution in [3.63, 3.8) is 0 Å². The zero-order valence-electron chi connectivity index (χ0n) is 18.1. The zero-order valence-corrected chi connectivity index (χ0v) is 18.9. The van der Waals surface area contributed by atoms with E-state index in [0.29, 0.717) is 0 Å². The fourth-order valence-electron chi connectivity index (χ4n) is 3.32. The summed E-state index contributed by atoms with van der Waals surface area (Å²) in [4.78, 5) is 22.0. The van der Waals surface area contributed by atoms with Gasteiger partial charge < -0.3 is 4.90 Å². The molecule has 1 amide bonds. The second-order valence-corrected chi connectivity index (χ2v) is 10.7. The Morgan fingerprint density at radius 1 is 0.964 bits per heavy atom. The summed E-state index contributed by atoms with van der Waals surface area (Å²) in [7, 11) is 0. The lowest BCUT2D eigenvalue weighted by Gasteiger charge is -2.34. The van der Waals surface area contributed by atoms with E-state index in [9.17, 15) is 4.79 Å². The molecule has 5 heteroatoms. The maximum atomic E-state index is 12.8. The summed E-state index contributed by atoms with van der Waals surface area (Å²) >= 11 is 1.74. The van der Waals surface area contributed by atoms with Gasteiger partial charge in [0.05, 0.1) is 12.2 Å². The molecule has 1 aliphatic heterocycles. The van der Waals surface area contributed by atoms with E-state index in [1.807, 2.05) is 17.0 Å². The minimum atomic E-state index is 0.0996. The van der Waals surface area contributed by atoms with E-state index < -0.39 is 0 Å². The van der Waals surface area contributed by atoms with Crippen LogP contribution in [-0.2, 0) is 17.4 Å². The van der Waals surface area contributed by atoms with Crippen molar-refractivity contribution >= 4 is 17.2 Å². The Kier molecular flexibility index (Phi) is 5.97. The largest absolute Gasteiger partial charge is 0.336 e. The number of amides is 1. The third-order valence-corrected chi connectivity index (χ3v) is 6.17. The van der Waals surface area contributed by atoms with Crippen LogP contribution in [0, 0.1) is 0 Å². The van der Waals surface area contributed by atoms with Gasteiger partial charge in [-0.1, -0.05) is 53.7 Å². The van der Waals surface area contributed by atoms with Crippen molar-refractivity contribution in [3.8, 4) is 0 Å². The summed E-state index contributed by atoms with van der Waals surface area (Å²) < 4.78 is 0. The molecular weight excluding hydrogens is 366 g/mol. The van der Waals surface area contributed by atoms with Crippen LogP contribution in [0.15, 0.2) is 29.6 Å². The van der Waals surface area contributed by atoms with E-state index in [-0.39, 0.29) is 16.7 Å². The molecule has 0 bridgehead atoms. The maximum Gasteiger partial charge on any atom is 0.253 e. The number of carbonyl (C=O) groups is 1. The summed E-state index contributed by atoms with van der Waals surface area (Å²) in [5.74, 6) is 0.143. The first-order valence-corrected chi connectivity index (χ1v) is 11.0. The minimum absolute atomic E-state index is 0.0996. The summed E-state index contributed by atoms with van der Waals surface area (Å²) in [6, 6.07) is 8.11. The molecule has 0 radical (unpaired) electrons. The Labute approximate surface area is 173 Å². The smallest absolute Gasteiger partial charge is 0.253 e. The van der Waals surface area contributed by atoms with Crippen LogP contribution in [0.4, 0.5) is 0 Å². The highest BCUT2D eigenvalue weighted by atomic mass is 32.1. The number of thiazole rings is 1. The standard InChI is InChI=1S/C23H33N3OS/c1-22(2,3)18-9-7-17(8-10-18)21(27)26-13-11-25(12-14-26)15-20-24-19(16-28-20)23(4,5)6/h7-10,16H,11-15H2,1-6H3.